The van der Waals surface area contributed by atoms with Crippen LogP contribution in [0.5, 0.6) is 0 Å². The molecular weight excluding hydrogens is 311 g/mol. The molecule has 1 heterocycles. The van der Waals surface area contributed by atoms with E-state index >= 15 is 0 Å². The largest absolute Gasteiger partial charge is 0.501 e. The predicted octanol–water partition coefficient (Wildman–Crippen LogP) is 3.24. The summed E-state index contributed by atoms with van der Waals surface area (Å²) in [5.41, 5.74) is -0.179. The summed E-state index contributed by atoms with van der Waals surface area (Å²) < 4.78 is 17.1. The van der Waals surface area contributed by atoms with Crippen molar-refractivity contribution in [1.29, 1.82) is 0 Å². The highest BCUT2D eigenvalue weighted by molar-refractivity contribution is 9.12. The van der Waals surface area contributed by atoms with Gasteiger partial charge in [0.25, 0.3) is 0 Å². The second kappa shape index (κ2) is 7.46. The van der Waals surface area contributed by atoms with E-state index in [1.54, 1.807) is 0 Å². The number of carbonyl (C=O) groups is 1. The number of allylic oxidation sites excluding steroid dienone is 1. The van der Waals surface area contributed by atoms with Crippen LogP contribution in [0.15, 0.2) is 10.5 Å². The number of esters is 1. The molecule has 1 aliphatic heterocycles. The van der Waals surface area contributed by atoms with E-state index in [4.69, 9.17) is 9.31 Å². The fraction of sp³-hybridized carbons (Fsp3) is 0.769. The second-order valence-electron chi connectivity index (χ2n) is 5.42. The third-order valence-corrected chi connectivity index (χ3v) is 3.64. The van der Waals surface area contributed by atoms with Gasteiger partial charge in [0.05, 0.1) is 12.7 Å². The van der Waals surface area contributed by atoms with E-state index in [0.717, 1.165) is 23.6 Å². The lowest BCUT2D eigenvalue weighted by molar-refractivity contribution is -0.140. The molecule has 0 aliphatic carbocycles. The lowest BCUT2D eigenvalue weighted by Crippen LogP contribution is -2.46. The molecule has 4 nitrogen and oxygen atoms in total. The number of carbonyl (C=O) groups excluding carboxylic acids is 1. The number of halogens is 1. The number of hydrogen-bond acceptors (Lipinski definition) is 4. The van der Waals surface area contributed by atoms with E-state index in [0.29, 0.717) is 6.42 Å². The Kier molecular flexibility index (Phi) is 6.56. The van der Waals surface area contributed by atoms with E-state index in [-0.39, 0.29) is 24.8 Å². The normalized spacial score (nSPS) is 23.3. The summed E-state index contributed by atoms with van der Waals surface area (Å²) >= 11 is 3.50. The van der Waals surface area contributed by atoms with Gasteiger partial charge in [0.2, 0.25) is 0 Å². The van der Waals surface area contributed by atoms with E-state index in [9.17, 15) is 4.79 Å². The molecule has 0 amide bonds. The molecule has 1 saturated heterocycles. The van der Waals surface area contributed by atoms with Crippen LogP contribution in [-0.2, 0) is 18.8 Å². The van der Waals surface area contributed by atoms with Crippen LogP contribution in [0.2, 0.25) is 0 Å². The van der Waals surface area contributed by atoms with Crippen molar-refractivity contribution in [1.82, 2.24) is 0 Å². The Bertz CT molecular complexity index is 344. The Morgan fingerprint density at radius 1 is 1.58 bits per heavy atom. The first-order valence-corrected chi connectivity index (χ1v) is 7.39. The molecule has 108 valence electrons. The molecule has 1 fully saturated rings. The van der Waals surface area contributed by atoms with Gasteiger partial charge in [-0.1, -0.05) is 22.0 Å². The van der Waals surface area contributed by atoms with Gasteiger partial charge in [-0.3, -0.25) is 4.79 Å². The Morgan fingerprint density at radius 3 is 2.84 bits per heavy atom. The summed E-state index contributed by atoms with van der Waals surface area (Å²) in [7, 11) is 1.05. The van der Waals surface area contributed by atoms with Gasteiger partial charge in [0.15, 0.2) is 0 Å². The molecular formula is C13H22BBrO4. The molecule has 1 rings (SSSR count). The van der Waals surface area contributed by atoms with E-state index < -0.39 is 0 Å². The minimum absolute atomic E-state index is 0.171. The van der Waals surface area contributed by atoms with Gasteiger partial charge in [0.1, 0.15) is 0 Å². The van der Waals surface area contributed by atoms with Crippen molar-refractivity contribution < 1.29 is 18.8 Å². The smallest absolute Gasteiger partial charge is 0.469 e. The molecule has 0 aromatic carbocycles. The molecule has 0 aromatic heterocycles. The van der Waals surface area contributed by atoms with Gasteiger partial charge in [0, 0.05) is 16.9 Å². The van der Waals surface area contributed by atoms with Crippen LogP contribution >= 0.6 is 15.9 Å². The van der Waals surface area contributed by atoms with E-state index in [1.807, 2.05) is 6.08 Å². The molecule has 0 saturated carbocycles. The highest BCUT2D eigenvalue weighted by Crippen LogP contribution is 2.30. The topological polar surface area (TPSA) is 44.8 Å². The highest BCUT2D eigenvalue weighted by Gasteiger charge is 2.38. The molecule has 0 spiro atoms. The van der Waals surface area contributed by atoms with E-state index in [1.165, 1.54) is 7.11 Å². The maximum atomic E-state index is 11.0. The van der Waals surface area contributed by atoms with Crippen molar-refractivity contribution in [2.45, 2.75) is 58.2 Å². The predicted molar refractivity (Wildman–Crippen MR) is 79.0 cm³/mol. The number of ether oxygens (including phenoxy) is 1. The Balaban J connectivity index is 2.43. The maximum absolute atomic E-state index is 11.0. The zero-order chi connectivity index (χ0) is 14.5. The molecule has 0 bridgehead atoms. The summed E-state index contributed by atoms with van der Waals surface area (Å²) in [5.74, 6) is -0.176. The van der Waals surface area contributed by atoms with Gasteiger partial charge in [-0.15, -0.1) is 0 Å². The first-order chi connectivity index (χ1) is 8.84. The van der Waals surface area contributed by atoms with Crippen LogP contribution in [0.3, 0.4) is 0 Å². The second-order valence-corrected chi connectivity index (χ2v) is 6.33. The summed E-state index contributed by atoms with van der Waals surface area (Å²) in [6.45, 7) is 6.18. The van der Waals surface area contributed by atoms with Crippen molar-refractivity contribution in [3.63, 3.8) is 0 Å². The zero-order valence-corrected chi connectivity index (χ0v) is 13.7. The Morgan fingerprint density at radius 2 is 2.26 bits per heavy atom. The molecule has 1 unspecified atom stereocenters. The van der Waals surface area contributed by atoms with Gasteiger partial charge < -0.3 is 14.0 Å². The monoisotopic (exact) mass is 332 g/mol. The molecule has 0 aromatic rings. The minimum Gasteiger partial charge on any atom is -0.469 e. The average Bonchev–Trinajstić information content (AvgIpc) is 2.31. The number of hydrogen-bond donors (Lipinski definition) is 0. The highest BCUT2D eigenvalue weighted by atomic mass is 79.9. The third-order valence-electron chi connectivity index (χ3n) is 2.94. The maximum Gasteiger partial charge on any atom is 0.501 e. The van der Waals surface area contributed by atoms with Gasteiger partial charge in [-0.2, -0.15) is 0 Å². The zero-order valence-electron chi connectivity index (χ0n) is 12.1. The number of unbranched alkanes of at least 4 members (excludes halogenated alkanes) is 1. The first kappa shape index (κ1) is 16.7. The van der Waals surface area contributed by atoms with Crippen LogP contribution in [-0.4, -0.2) is 31.9 Å². The lowest BCUT2D eigenvalue weighted by Gasteiger charge is -2.38. The van der Waals surface area contributed by atoms with Crippen molar-refractivity contribution in [3.05, 3.63) is 10.5 Å². The SMILES string of the molecule is COC(=O)CCCC=C(Br)B1OC(C)CC(C)(C)O1. The quantitative estimate of drug-likeness (QED) is 0.440. The van der Waals surface area contributed by atoms with Gasteiger partial charge >= 0.3 is 13.1 Å². The third kappa shape index (κ3) is 6.10. The van der Waals surface area contributed by atoms with Crippen LogP contribution in [0.4, 0.5) is 0 Å². The molecule has 1 aliphatic rings. The molecule has 6 heteroatoms. The fourth-order valence-corrected chi connectivity index (χ4v) is 2.55. The van der Waals surface area contributed by atoms with Gasteiger partial charge in [-0.25, -0.2) is 0 Å². The molecule has 0 N–H and O–H groups in total. The summed E-state index contributed by atoms with van der Waals surface area (Å²) in [6, 6.07) is 0. The van der Waals surface area contributed by atoms with Crippen molar-refractivity contribution in [2.24, 2.45) is 0 Å². The van der Waals surface area contributed by atoms with Gasteiger partial charge in [-0.05, 0) is 40.0 Å². The molecule has 0 radical (unpaired) electrons. The fourth-order valence-electron chi connectivity index (χ4n) is 2.12. The first-order valence-electron chi connectivity index (χ1n) is 6.60. The minimum atomic E-state index is -0.350. The van der Waals surface area contributed by atoms with Crippen LogP contribution in [0.1, 0.15) is 46.5 Å². The summed E-state index contributed by atoms with van der Waals surface area (Å²) in [6.07, 6.45) is 5.03. The van der Waals surface area contributed by atoms with Crippen molar-refractivity contribution >= 4 is 29.0 Å². The number of methoxy groups -OCH3 is 1. The van der Waals surface area contributed by atoms with Crippen molar-refractivity contribution in [3.8, 4) is 0 Å². The Labute approximate surface area is 124 Å². The van der Waals surface area contributed by atoms with E-state index in [2.05, 4.69) is 41.4 Å². The standard InChI is InChI=1S/C13H22BBrO4/c1-10-9-13(2,3)19-14(18-10)11(15)7-5-6-8-12(16)17-4/h7,10H,5-6,8-9H2,1-4H3. The average molecular weight is 333 g/mol. The van der Waals surface area contributed by atoms with Crippen LogP contribution < -0.4 is 0 Å². The Hall–Kier alpha value is -0.325. The summed E-state index contributed by atoms with van der Waals surface area (Å²) in [4.78, 5) is 11.0. The van der Waals surface area contributed by atoms with Crippen molar-refractivity contribution in [2.75, 3.05) is 7.11 Å². The summed E-state index contributed by atoms with van der Waals surface area (Å²) in [5, 5.41) is 0. The van der Waals surface area contributed by atoms with Crippen LogP contribution in [0.25, 0.3) is 0 Å². The lowest BCUT2D eigenvalue weighted by atomic mass is 9.82. The van der Waals surface area contributed by atoms with Crippen LogP contribution in [0, 0.1) is 0 Å². The molecule has 1 atom stereocenters. The number of rotatable bonds is 5. The molecule has 19 heavy (non-hydrogen) atoms.